The van der Waals surface area contributed by atoms with Gasteiger partial charge in [0, 0.05) is 13.1 Å². The van der Waals surface area contributed by atoms with Crippen molar-refractivity contribution >= 4 is 16.9 Å². The van der Waals surface area contributed by atoms with Crippen LogP contribution in [-0.2, 0) is 0 Å². The summed E-state index contributed by atoms with van der Waals surface area (Å²) in [5, 5.41) is 0.635. The Kier molecular flexibility index (Phi) is 3.69. The predicted molar refractivity (Wildman–Crippen MR) is 95.3 cm³/mol. The summed E-state index contributed by atoms with van der Waals surface area (Å²) in [5.41, 5.74) is 1.52. The second-order valence-corrected chi connectivity index (χ2v) is 5.96. The van der Waals surface area contributed by atoms with Gasteiger partial charge in [-0.15, -0.1) is 0 Å². The Balaban J connectivity index is 1.98. The van der Waals surface area contributed by atoms with Gasteiger partial charge in [-0.2, -0.15) is 0 Å². The van der Waals surface area contributed by atoms with Crippen molar-refractivity contribution < 1.29 is 4.74 Å². The minimum Gasteiger partial charge on any atom is -0.497 e. The number of nitrogens with zero attached hydrogens (tertiary/aromatic N) is 3. The molecule has 1 saturated heterocycles. The van der Waals surface area contributed by atoms with Crippen LogP contribution in [0.4, 0.5) is 5.95 Å². The summed E-state index contributed by atoms with van der Waals surface area (Å²) in [6.07, 6.45) is 2.26. The van der Waals surface area contributed by atoms with Crippen molar-refractivity contribution in [1.82, 2.24) is 9.55 Å². The summed E-state index contributed by atoms with van der Waals surface area (Å²) in [6.45, 7) is 1.86. The van der Waals surface area contributed by atoms with E-state index in [1.54, 1.807) is 11.7 Å². The predicted octanol–water partition coefficient (Wildman–Crippen LogP) is 2.99. The Bertz CT molecular complexity index is 925. The Labute approximate surface area is 140 Å². The van der Waals surface area contributed by atoms with Gasteiger partial charge in [0.25, 0.3) is 5.56 Å². The van der Waals surface area contributed by atoms with Crippen molar-refractivity contribution in [3.63, 3.8) is 0 Å². The molecule has 1 aliphatic rings. The maximum absolute atomic E-state index is 13.1. The van der Waals surface area contributed by atoms with Gasteiger partial charge in [-0.05, 0) is 49.2 Å². The fraction of sp³-hybridized carbons (Fsp3) is 0.263. The first kappa shape index (κ1) is 14.8. The van der Waals surface area contributed by atoms with Gasteiger partial charge >= 0.3 is 0 Å². The molecule has 0 aliphatic carbocycles. The molecule has 1 aromatic heterocycles. The van der Waals surface area contributed by atoms with Gasteiger partial charge in [0.1, 0.15) is 5.75 Å². The van der Waals surface area contributed by atoms with Crippen molar-refractivity contribution in [2.75, 3.05) is 25.1 Å². The molecule has 0 radical (unpaired) electrons. The summed E-state index contributed by atoms with van der Waals surface area (Å²) < 4.78 is 6.94. The Morgan fingerprint density at radius 2 is 1.71 bits per heavy atom. The fourth-order valence-corrected chi connectivity index (χ4v) is 3.21. The van der Waals surface area contributed by atoms with E-state index in [9.17, 15) is 4.79 Å². The number of para-hydroxylation sites is 1. The average molecular weight is 321 g/mol. The molecule has 0 unspecified atom stereocenters. The minimum absolute atomic E-state index is 0.0346. The minimum atomic E-state index is -0.0346. The second kappa shape index (κ2) is 6.00. The summed E-state index contributed by atoms with van der Waals surface area (Å²) in [6, 6.07) is 15.1. The zero-order chi connectivity index (χ0) is 16.5. The van der Waals surface area contributed by atoms with Gasteiger partial charge in [-0.25, -0.2) is 9.55 Å². The lowest BCUT2D eigenvalue weighted by atomic mass is 10.2. The highest BCUT2D eigenvalue weighted by atomic mass is 16.5. The van der Waals surface area contributed by atoms with Gasteiger partial charge < -0.3 is 9.64 Å². The second-order valence-electron chi connectivity index (χ2n) is 5.96. The number of fused-ring (bicyclic) bond motifs is 1. The van der Waals surface area contributed by atoms with Crippen LogP contribution in [0.2, 0.25) is 0 Å². The molecule has 5 heteroatoms. The Hall–Kier alpha value is -2.82. The highest BCUT2D eigenvalue weighted by molar-refractivity contribution is 5.79. The molecule has 24 heavy (non-hydrogen) atoms. The fourth-order valence-electron chi connectivity index (χ4n) is 3.21. The first-order chi connectivity index (χ1) is 11.8. The summed E-state index contributed by atoms with van der Waals surface area (Å²) in [4.78, 5) is 20.1. The first-order valence-electron chi connectivity index (χ1n) is 8.19. The van der Waals surface area contributed by atoms with Gasteiger partial charge in [0.2, 0.25) is 5.95 Å². The van der Waals surface area contributed by atoms with E-state index in [0.717, 1.165) is 48.8 Å². The molecule has 1 aliphatic heterocycles. The first-order valence-corrected chi connectivity index (χ1v) is 8.19. The van der Waals surface area contributed by atoms with Crippen LogP contribution in [0.3, 0.4) is 0 Å². The quantitative estimate of drug-likeness (QED) is 0.744. The third-order valence-electron chi connectivity index (χ3n) is 4.48. The molecule has 5 nitrogen and oxygen atoms in total. The van der Waals surface area contributed by atoms with Crippen LogP contribution in [0.5, 0.6) is 5.75 Å². The maximum Gasteiger partial charge on any atom is 0.267 e. The molecule has 1 fully saturated rings. The number of methoxy groups -OCH3 is 1. The number of anilines is 1. The smallest absolute Gasteiger partial charge is 0.267 e. The summed E-state index contributed by atoms with van der Waals surface area (Å²) >= 11 is 0. The van der Waals surface area contributed by atoms with E-state index in [1.807, 2.05) is 48.5 Å². The standard InChI is InChI=1S/C19H19N3O2/c1-24-15-10-8-14(9-11-15)22-18(23)16-6-2-3-7-17(16)20-19(22)21-12-4-5-13-21/h2-3,6-11H,4-5,12-13H2,1H3. The van der Waals surface area contributed by atoms with Crippen LogP contribution in [0.25, 0.3) is 16.6 Å². The normalized spacial score (nSPS) is 14.3. The van der Waals surface area contributed by atoms with E-state index in [-0.39, 0.29) is 5.56 Å². The monoisotopic (exact) mass is 321 g/mol. The number of rotatable bonds is 3. The lowest BCUT2D eigenvalue weighted by Gasteiger charge is -2.22. The summed E-state index contributed by atoms with van der Waals surface area (Å²) in [7, 11) is 1.63. The molecule has 4 rings (SSSR count). The van der Waals surface area contributed by atoms with Crippen LogP contribution in [0.15, 0.2) is 53.3 Å². The molecule has 0 bridgehead atoms. The lowest BCUT2D eigenvalue weighted by molar-refractivity contribution is 0.414. The van der Waals surface area contributed by atoms with Crippen LogP contribution in [0.1, 0.15) is 12.8 Å². The molecule has 0 atom stereocenters. The van der Waals surface area contributed by atoms with E-state index in [1.165, 1.54) is 0 Å². The number of aromatic nitrogens is 2. The van der Waals surface area contributed by atoms with E-state index in [0.29, 0.717) is 5.39 Å². The van der Waals surface area contributed by atoms with E-state index >= 15 is 0 Å². The van der Waals surface area contributed by atoms with Crippen molar-refractivity contribution in [3.8, 4) is 11.4 Å². The third-order valence-corrected chi connectivity index (χ3v) is 4.48. The van der Waals surface area contributed by atoms with E-state index in [4.69, 9.17) is 9.72 Å². The van der Waals surface area contributed by atoms with Crippen molar-refractivity contribution in [3.05, 3.63) is 58.9 Å². The van der Waals surface area contributed by atoms with E-state index < -0.39 is 0 Å². The number of ether oxygens (including phenoxy) is 1. The highest BCUT2D eigenvalue weighted by Crippen LogP contribution is 2.23. The molecule has 0 amide bonds. The van der Waals surface area contributed by atoms with Gasteiger partial charge in [0.05, 0.1) is 23.7 Å². The van der Waals surface area contributed by atoms with Crippen molar-refractivity contribution in [2.24, 2.45) is 0 Å². The highest BCUT2D eigenvalue weighted by Gasteiger charge is 2.20. The van der Waals surface area contributed by atoms with Gasteiger partial charge in [-0.3, -0.25) is 4.79 Å². The number of hydrogen-bond acceptors (Lipinski definition) is 4. The molecule has 0 N–H and O–H groups in total. The van der Waals surface area contributed by atoms with Crippen LogP contribution < -0.4 is 15.2 Å². The largest absolute Gasteiger partial charge is 0.497 e. The average Bonchev–Trinajstić information content (AvgIpc) is 3.16. The van der Waals surface area contributed by atoms with Crippen LogP contribution >= 0.6 is 0 Å². The molecule has 0 spiro atoms. The molecular weight excluding hydrogens is 302 g/mol. The van der Waals surface area contributed by atoms with Crippen LogP contribution in [-0.4, -0.2) is 29.8 Å². The van der Waals surface area contributed by atoms with Gasteiger partial charge in [0.15, 0.2) is 0 Å². The number of hydrogen-bond donors (Lipinski definition) is 0. The third kappa shape index (κ3) is 2.42. The topological polar surface area (TPSA) is 47.4 Å². The van der Waals surface area contributed by atoms with Gasteiger partial charge in [-0.1, -0.05) is 12.1 Å². The van der Waals surface area contributed by atoms with Crippen molar-refractivity contribution in [1.29, 1.82) is 0 Å². The SMILES string of the molecule is COc1ccc(-n2c(N3CCCC3)nc3ccccc3c2=O)cc1. The molecule has 3 aromatic rings. The lowest BCUT2D eigenvalue weighted by Crippen LogP contribution is -2.30. The summed E-state index contributed by atoms with van der Waals surface area (Å²) in [5.74, 6) is 1.49. The molecule has 2 heterocycles. The number of benzene rings is 2. The zero-order valence-corrected chi connectivity index (χ0v) is 13.6. The Morgan fingerprint density at radius 1 is 1.00 bits per heavy atom. The molecule has 2 aromatic carbocycles. The van der Waals surface area contributed by atoms with E-state index in [2.05, 4.69) is 4.90 Å². The van der Waals surface area contributed by atoms with Crippen molar-refractivity contribution in [2.45, 2.75) is 12.8 Å². The Morgan fingerprint density at radius 3 is 2.42 bits per heavy atom. The molecular formula is C19H19N3O2. The van der Waals surface area contributed by atoms with Crippen LogP contribution in [0, 0.1) is 0 Å². The molecule has 0 saturated carbocycles. The maximum atomic E-state index is 13.1. The molecule has 122 valence electrons. The zero-order valence-electron chi connectivity index (χ0n) is 13.6.